The topological polar surface area (TPSA) is 49.4 Å². The summed E-state index contributed by atoms with van der Waals surface area (Å²) in [4.78, 5) is 27.1. The Kier molecular flexibility index (Phi) is 6.17. The molecule has 0 bridgehead atoms. The molecule has 4 nitrogen and oxygen atoms in total. The lowest BCUT2D eigenvalue weighted by Crippen LogP contribution is -2.43. The number of nitrogens with zero attached hydrogens (tertiary/aromatic N) is 1. The summed E-state index contributed by atoms with van der Waals surface area (Å²) >= 11 is 5.99. The molecule has 2 amide bonds. The summed E-state index contributed by atoms with van der Waals surface area (Å²) in [5.41, 5.74) is 2.60. The van der Waals surface area contributed by atoms with Crippen LogP contribution < -0.4 is 5.32 Å². The van der Waals surface area contributed by atoms with Crippen LogP contribution in [0, 0.1) is 5.92 Å². The van der Waals surface area contributed by atoms with Gasteiger partial charge in [-0.25, -0.2) is 0 Å². The lowest BCUT2D eigenvalue weighted by atomic mass is 9.96. The number of amides is 2. The summed E-state index contributed by atoms with van der Waals surface area (Å²) < 4.78 is 0. The molecule has 0 radical (unpaired) electrons. The van der Waals surface area contributed by atoms with E-state index in [1.807, 2.05) is 24.3 Å². The molecule has 1 fully saturated rings. The number of halogens is 1. The Balaban J connectivity index is 1.63. The molecule has 1 atom stereocenters. The second kappa shape index (κ2) is 8.57. The number of piperidine rings is 1. The van der Waals surface area contributed by atoms with E-state index < -0.39 is 0 Å². The summed E-state index contributed by atoms with van der Waals surface area (Å²) in [6, 6.07) is 14.9. The van der Waals surface area contributed by atoms with E-state index in [0.717, 1.165) is 18.5 Å². The zero-order valence-corrected chi connectivity index (χ0v) is 16.5. The highest BCUT2D eigenvalue weighted by atomic mass is 35.5. The maximum Gasteiger partial charge on any atom is 0.253 e. The van der Waals surface area contributed by atoms with Crippen molar-refractivity contribution < 1.29 is 9.59 Å². The predicted molar refractivity (Wildman–Crippen MR) is 109 cm³/mol. The van der Waals surface area contributed by atoms with Crippen LogP contribution in [-0.4, -0.2) is 29.8 Å². The van der Waals surface area contributed by atoms with Gasteiger partial charge in [0.2, 0.25) is 5.91 Å². The van der Waals surface area contributed by atoms with E-state index in [9.17, 15) is 9.59 Å². The van der Waals surface area contributed by atoms with E-state index in [1.165, 1.54) is 5.56 Å². The Morgan fingerprint density at radius 3 is 2.56 bits per heavy atom. The maximum atomic E-state index is 12.7. The first-order valence-electron chi connectivity index (χ1n) is 9.39. The maximum absolute atomic E-state index is 12.7. The van der Waals surface area contributed by atoms with Crippen molar-refractivity contribution in [3.05, 3.63) is 64.7 Å². The Bertz CT molecular complexity index is 817. The number of benzene rings is 2. The number of carbonyl (C=O) groups excluding carboxylic acids is 2. The average molecular weight is 385 g/mol. The molecule has 27 heavy (non-hydrogen) atoms. The van der Waals surface area contributed by atoms with Gasteiger partial charge in [-0.3, -0.25) is 9.59 Å². The fourth-order valence-corrected chi connectivity index (χ4v) is 3.57. The zero-order chi connectivity index (χ0) is 19.4. The minimum atomic E-state index is -0.202. The van der Waals surface area contributed by atoms with Gasteiger partial charge in [-0.05, 0) is 54.7 Å². The van der Waals surface area contributed by atoms with Gasteiger partial charge in [0.05, 0.1) is 5.92 Å². The fourth-order valence-electron chi connectivity index (χ4n) is 3.38. The van der Waals surface area contributed by atoms with Crippen LogP contribution in [0.25, 0.3) is 0 Å². The summed E-state index contributed by atoms with van der Waals surface area (Å²) in [6.45, 7) is 5.38. The van der Waals surface area contributed by atoms with E-state index in [4.69, 9.17) is 11.6 Å². The number of rotatable bonds is 4. The summed E-state index contributed by atoms with van der Waals surface area (Å²) in [6.07, 6.45) is 1.60. The molecule has 3 rings (SSSR count). The molecular weight excluding hydrogens is 360 g/mol. The molecular formula is C22H25ClN2O2. The highest BCUT2D eigenvalue weighted by molar-refractivity contribution is 6.30. The molecule has 142 valence electrons. The van der Waals surface area contributed by atoms with Crippen LogP contribution in [-0.2, 0) is 4.79 Å². The van der Waals surface area contributed by atoms with Gasteiger partial charge >= 0.3 is 0 Å². The van der Waals surface area contributed by atoms with Gasteiger partial charge in [0, 0.05) is 29.4 Å². The van der Waals surface area contributed by atoms with Crippen molar-refractivity contribution in [1.82, 2.24) is 4.90 Å². The van der Waals surface area contributed by atoms with Gasteiger partial charge < -0.3 is 10.2 Å². The average Bonchev–Trinajstić information content (AvgIpc) is 2.68. The fraction of sp³-hybridized carbons (Fsp3) is 0.364. The Morgan fingerprint density at radius 2 is 1.89 bits per heavy atom. The Morgan fingerprint density at radius 1 is 1.15 bits per heavy atom. The van der Waals surface area contributed by atoms with Crippen molar-refractivity contribution >= 4 is 29.1 Å². The first kappa shape index (κ1) is 19.4. The van der Waals surface area contributed by atoms with Gasteiger partial charge in [-0.2, -0.15) is 0 Å². The molecule has 1 aliphatic rings. The van der Waals surface area contributed by atoms with Crippen LogP contribution in [0.5, 0.6) is 0 Å². The quantitative estimate of drug-likeness (QED) is 0.810. The van der Waals surface area contributed by atoms with Crippen LogP contribution in [0.1, 0.15) is 48.5 Å². The molecule has 0 unspecified atom stereocenters. The largest absolute Gasteiger partial charge is 0.338 e. The van der Waals surface area contributed by atoms with Crippen molar-refractivity contribution in [2.75, 3.05) is 18.4 Å². The third-order valence-electron chi connectivity index (χ3n) is 5.00. The molecule has 0 aromatic heterocycles. The monoisotopic (exact) mass is 384 g/mol. The van der Waals surface area contributed by atoms with Crippen molar-refractivity contribution in [2.24, 2.45) is 5.92 Å². The second-order valence-electron chi connectivity index (χ2n) is 7.37. The number of hydrogen-bond acceptors (Lipinski definition) is 2. The SMILES string of the molecule is CC(C)c1ccc(NC(=O)[C@H]2CCCN(C(=O)c3cccc(Cl)c3)C2)cc1. The van der Waals surface area contributed by atoms with Crippen LogP contribution in [0.15, 0.2) is 48.5 Å². The molecule has 5 heteroatoms. The van der Waals surface area contributed by atoms with Gasteiger partial charge in [-0.15, -0.1) is 0 Å². The van der Waals surface area contributed by atoms with Crippen LogP contribution in [0.4, 0.5) is 5.69 Å². The lowest BCUT2D eigenvalue weighted by molar-refractivity contribution is -0.121. The highest BCUT2D eigenvalue weighted by Crippen LogP contribution is 2.22. The van der Waals surface area contributed by atoms with Gasteiger partial charge in [0.1, 0.15) is 0 Å². The van der Waals surface area contributed by atoms with E-state index in [1.54, 1.807) is 29.2 Å². The number of likely N-dealkylation sites (tertiary alicyclic amines) is 1. The van der Waals surface area contributed by atoms with E-state index in [2.05, 4.69) is 19.2 Å². The zero-order valence-electron chi connectivity index (χ0n) is 15.7. The first-order chi connectivity index (χ1) is 12.9. The van der Waals surface area contributed by atoms with Crippen molar-refractivity contribution in [1.29, 1.82) is 0 Å². The van der Waals surface area contributed by atoms with Gasteiger partial charge in [0.25, 0.3) is 5.91 Å². The number of hydrogen-bond donors (Lipinski definition) is 1. The summed E-state index contributed by atoms with van der Waals surface area (Å²) in [5, 5.41) is 3.53. The molecule has 0 spiro atoms. The normalized spacial score (nSPS) is 17.0. The molecule has 1 N–H and O–H groups in total. The van der Waals surface area contributed by atoms with Gasteiger partial charge in [0.15, 0.2) is 0 Å². The molecule has 0 aliphatic carbocycles. The third-order valence-corrected chi connectivity index (χ3v) is 5.23. The van der Waals surface area contributed by atoms with Crippen LogP contribution >= 0.6 is 11.6 Å². The Hall–Kier alpha value is -2.33. The number of carbonyl (C=O) groups is 2. The van der Waals surface area contributed by atoms with E-state index >= 15 is 0 Å². The van der Waals surface area contributed by atoms with Crippen molar-refractivity contribution in [2.45, 2.75) is 32.6 Å². The third kappa shape index (κ3) is 4.89. The second-order valence-corrected chi connectivity index (χ2v) is 7.80. The van der Waals surface area contributed by atoms with Gasteiger partial charge in [-0.1, -0.05) is 43.6 Å². The highest BCUT2D eigenvalue weighted by Gasteiger charge is 2.29. The number of anilines is 1. The molecule has 1 saturated heterocycles. The van der Waals surface area contributed by atoms with Crippen molar-refractivity contribution in [3.8, 4) is 0 Å². The van der Waals surface area contributed by atoms with Crippen molar-refractivity contribution in [3.63, 3.8) is 0 Å². The molecule has 0 saturated carbocycles. The minimum absolute atomic E-state index is 0.0316. The smallest absolute Gasteiger partial charge is 0.253 e. The summed E-state index contributed by atoms with van der Waals surface area (Å²) in [5.74, 6) is 0.151. The predicted octanol–water partition coefficient (Wildman–Crippen LogP) is 4.95. The Labute approximate surface area is 165 Å². The first-order valence-corrected chi connectivity index (χ1v) is 9.77. The molecule has 2 aromatic rings. The number of nitrogens with one attached hydrogen (secondary N) is 1. The van der Waals surface area contributed by atoms with E-state index in [-0.39, 0.29) is 17.7 Å². The lowest BCUT2D eigenvalue weighted by Gasteiger charge is -2.32. The molecule has 1 heterocycles. The summed E-state index contributed by atoms with van der Waals surface area (Å²) in [7, 11) is 0. The molecule has 2 aromatic carbocycles. The van der Waals surface area contributed by atoms with Crippen LogP contribution in [0.2, 0.25) is 5.02 Å². The van der Waals surface area contributed by atoms with Crippen LogP contribution in [0.3, 0.4) is 0 Å². The minimum Gasteiger partial charge on any atom is -0.338 e. The standard InChI is InChI=1S/C22H25ClN2O2/c1-15(2)16-8-10-20(11-9-16)24-21(26)18-6-4-12-25(14-18)22(27)17-5-3-7-19(23)13-17/h3,5,7-11,13,15,18H,4,6,12,14H2,1-2H3,(H,24,26)/t18-/m0/s1. The molecule has 1 aliphatic heterocycles. The van der Waals surface area contributed by atoms with E-state index in [0.29, 0.717) is 29.6 Å².